The summed E-state index contributed by atoms with van der Waals surface area (Å²) >= 11 is 0. The molecule has 1 aromatic carbocycles. The van der Waals surface area contributed by atoms with Crippen molar-refractivity contribution in [3.8, 4) is 0 Å². The van der Waals surface area contributed by atoms with Crippen molar-refractivity contribution < 1.29 is 4.74 Å². The largest absolute Gasteiger partial charge is 0.374 e. The molecule has 1 atom stereocenters. The Hall–Kier alpha value is -0.900. The minimum atomic E-state index is 0.357. The smallest absolute Gasteiger partial charge is 0.0826 e. The molecule has 0 bridgehead atoms. The molecule has 20 heavy (non-hydrogen) atoms. The van der Waals surface area contributed by atoms with Crippen LogP contribution in [0.1, 0.15) is 29.5 Å². The molecule has 0 amide bonds. The molecule has 1 saturated carbocycles. The highest BCUT2D eigenvalue weighted by Gasteiger charge is 2.32. The van der Waals surface area contributed by atoms with E-state index in [9.17, 15) is 0 Å². The van der Waals surface area contributed by atoms with Crippen molar-refractivity contribution in [1.29, 1.82) is 0 Å². The second kappa shape index (κ2) is 6.25. The van der Waals surface area contributed by atoms with Gasteiger partial charge < -0.3 is 10.1 Å². The van der Waals surface area contributed by atoms with Gasteiger partial charge in [0.15, 0.2) is 0 Å². The molecule has 3 rings (SSSR count). The minimum Gasteiger partial charge on any atom is -0.374 e. The predicted molar refractivity (Wildman–Crippen MR) is 82.0 cm³/mol. The van der Waals surface area contributed by atoms with E-state index >= 15 is 0 Å². The Labute approximate surface area is 122 Å². The number of benzene rings is 1. The lowest BCUT2D eigenvalue weighted by Crippen LogP contribution is -2.47. The maximum Gasteiger partial charge on any atom is 0.0826 e. The summed E-state index contributed by atoms with van der Waals surface area (Å²) in [6.07, 6.45) is 3.14. The van der Waals surface area contributed by atoms with Gasteiger partial charge in [-0.05, 0) is 43.4 Å². The van der Waals surface area contributed by atoms with Crippen LogP contribution in [0, 0.1) is 13.8 Å². The molecule has 1 aromatic rings. The second-order valence-electron chi connectivity index (χ2n) is 6.27. The van der Waals surface area contributed by atoms with Crippen molar-refractivity contribution >= 4 is 0 Å². The van der Waals surface area contributed by atoms with Crippen molar-refractivity contribution in [3.63, 3.8) is 0 Å². The van der Waals surface area contributed by atoms with Gasteiger partial charge in [-0.2, -0.15) is 0 Å². The van der Waals surface area contributed by atoms with Crippen molar-refractivity contribution in [2.24, 2.45) is 0 Å². The summed E-state index contributed by atoms with van der Waals surface area (Å²) in [5.74, 6) is 0. The molecule has 1 heterocycles. The van der Waals surface area contributed by atoms with Gasteiger partial charge >= 0.3 is 0 Å². The number of morpholine rings is 1. The first-order chi connectivity index (χ1) is 9.72. The van der Waals surface area contributed by atoms with Crippen molar-refractivity contribution in [1.82, 2.24) is 10.2 Å². The number of ether oxygens (including phenoxy) is 1. The number of aryl methyl sites for hydroxylation is 2. The Morgan fingerprint density at radius 3 is 2.85 bits per heavy atom. The number of nitrogens with one attached hydrogen (secondary N) is 1. The standard InChI is InChI=1S/C17H26N2O/c1-13-3-4-15(9-14(13)2)10-18-11-17-12-19(7-8-20-17)16-5-6-16/h3-4,9,16-18H,5-8,10-12H2,1-2H3. The lowest BCUT2D eigenvalue weighted by molar-refractivity contribution is -0.0301. The van der Waals surface area contributed by atoms with E-state index in [-0.39, 0.29) is 0 Å². The van der Waals surface area contributed by atoms with Crippen LogP contribution in [0.3, 0.4) is 0 Å². The van der Waals surface area contributed by atoms with E-state index in [1.54, 1.807) is 0 Å². The lowest BCUT2D eigenvalue weighted by Gasteiger charge is -2.33. The number of nitrogens with zero attached hydrogens (tertiary/aromatic N) is 1. The molecule has 110 valence electrons. The highest BCUT2D eigenvalue weighted by molar-refractivity contribution is 5.29. The summed E-state index contributed by atoms with van der Waals surface area (Å²) in [6.45, 7) is 9.35. The van der Waals surface area contributed by atoms with Gasteiger partial charge in [0, 0.05) is 32.2 Å². The van der Waals surface area contributed by atoms with E-state index < -0.39 is 0 Å². The van der Waals surface area contributed by atoms with Gasteiger partial charge in [-0.25, -0.2) is 0 Å². The van der Waals surface area contributed by atoms with Crippen molar-refractivity contribution in [2.45, 2.75) is 45.4 Å². The van der Waals surface area contributed by atoms with Gasteiger partial charge in [0.2, 0.25) is 0 Å². The van der Waals surface area contributed by atoms with Crippen LogP contribution in [-0.2, 0) is 11.3 Å². The van der Waals surface area contributed by atoms with E-state index in [0.717, 1.165) is 38.8 Å². The lowest BCUT2D eigenvalue weighted by atomic mass is 10.1. The Kier molecular flexibility index (Phi) is 4.39. The molecule has 0 radical (unpaired) electrons. The zero-order valence-corrected chi connectivity index (χ0v) is 12.7. The molecule has 3 heteroatoms. The molecule has 3 nitrogen and oxygen atoms in total. The summed E-state index contributed by atoms with van der Waals surface area (Å²) in [5, 5.41) is 3.55. The summed E-state index contributed by atoms with van der Waals surface area (Å²) in [4.78, 5) is 2.60. The number of hydrogen-bond donors (Lipinski definition) is 1. The van der Waals surface area contributed by atoms with Crippen LogP contribution in [0.4, 0.5) is 0 Å². The Bertz CT molecular complexity index is 456. The predicted octanol–water partition coefficient (Wildman–Crippen LogP) is 2.26. The fourth-order valence-electron chi connectivity index (χ4n) is 2.93. The maximum absolute atomic E-state index is 5.86. The zero-order valence-electron chi connectivity index (χ0n) is 12.7. The molecule has 1 aliphatic carbocycles. The first-order valence-electron chi connectivity index (χ1n) is 7.85. The highest BCUT2D eigenvalue weighted by Crippen LogP contribution is 2.28. The van der Waals surface area contributed by atoms with E-state index in [4.69, 9.17) is 4.74 Å². The third-order valence-electron chi connectivity index (χ3n) is 4.51. The summed E-state index contributed by atoms with van der Waals surface area (Å²) in [5.41, 5.74) is 4.10. The van der Waals surface area contributed by atoms with E-state index in [2.05, 4.69) is 42.3 Å². The third kappa shape index (κ3) is 3.60. The van der Waals surface area contributed by atoms with Gasteiger partial charge in [0.1, 0.15) is 0 Å². The maximum atomic E-state index is 5.86. The second-order valence-corrected chi connectivity index (χ2v) is 6.27. The molecule has 2 aliphatic rings. The number of hydrogen-bond acceptors (Lipinski definition) is 3. The fourth-order valence-corrected chi connectivity index (χ4v) is 2.93. The van der Waals surface area contributed by atoms with Gasteiger partial charge in [0.05, 0.1) is 12.7 Å². The molecule has 2 fully saturated rings. The van der Waals surface area contributed by atoms with Crippen LogP contribution < -0.4 is 5.32 Å². The Morgan fingerprint density at radius 1 is 1.25 bits per heavy atom. The number of rotatable bonds is 5. The monoisotopic (exact) mass is 274 g/mol. The third-order valence-corrected chi connectivity index (χ3v) is 4.51. The van der Waals surface area contributed by atoms with Gasteiger partial charge in [0.25, 0.3) is 0 Å². The SMILES string of the molecule is Cc1ccc(CNCC2CN(C3CC3)CCO2)cc1C. The molecular formula is C17H26N2O. The zero-order chi connectivity index (χ0) is 13.9. The van der Waals surface area contributed by atoms with Gasteiger partial charge in [-0.1, -0.05) is 18.2 Å². The van der Waals surface area contributed by atoms with Crippen LogP contribution in [0.2, 0.25) is 0 Å². The Morgan fingerprint density at radius 2 is 2.10 bits per heavy atom. The summed E-state index contributed by atoms with van der Waals surface area (Å²) in [7, 11) is 0. The van der Waals surface area contributed by atoms with Crippen LogP contribution >= 0.6 is 0 Å². The van der Waals surface area contributed by atoms with Gasteiger partial charge in [-0.3, -0.25) is 4.90 Å². The fraction of sp³-hybridized carbons (Fsp3) is 0.647. The van der Waals surface area contributed by atoms with Crippen LogP contribution in [-0.4, -0.2) is 43.3 Å². The molecule has 1 N–H and O–H groups in total. The van der Waals surface area contributed by atoms with E-state index in [1.165, 1.54) is 29.5 Å². The van der Waals surface area contributed by atoms with Gasteiger partial charge in [-0.15, -0.1) is 0 Å². The molecule has 0 aromatic heterocycles. The molecule has 1 saturated heterocycles. The summed E-state index contributed by atoms with van der Waals surface area (Å²) in [6, 6.07) is 7.56. The van der Waals surface area contributed by atoms with Crippen LogP contribution in [0.15, 0.2) is 18.2 Å². The molecular weight excluding hydrogens is 248 g/mol. The van der Waals surface area contributed by atoms with E-state index in [1.807, 2.05) is 0 Å². The first kappa shape index (κ1) is 14.1. The van der Waals surface area contributed by atoms with Crippen molar-refractivity contribution in [2.75, 3.05) is 26.2 Å². The molecule has 1 unspecified atom stereocenters. The van der Waals surface area contributed by atoms with Crippen molar-refractivity contribution in [3.05, 3.63) is 34.9 Å². The Balaban J connectivity index is 1.43. The average molecular weight is 274 g/mol. The minimum absolute atomic E-state index is 0.357. The van der Waals surface area contributed by atoms with Crippen LogP contribution in [0.25, 0.3) is 0 Å². The molecule has 1 aliphatic heterocycles. The quantitative estimate of drug-likeness (QED) is 0.891. The topological polar surface area (TPSA) is 24.5 Å². The van der Waals surface area contributed by atoms with Crippen LogP contribution in [0.5, 0.6) is 0 Å². The highest BCUT2D eigenvalue weighted by atomic mass is 16.5. The van der Waals surface area contributed by atoms with E-state index in [0.29, 0.717) is 6.10 Å². The summed E-state index contributed by atoms with van der Waals surface area (Å²) < 4.78 is 5.86. The first-order valence-corrected chi connectivity index (χ1v) is 7.85. The normalized spacial score (nSPS) is 24.0. The molecule has 0 spiro atoms. The average Bonchev–Trinajstić information content (AvgIpc) is 3.28.